The lowest BCUT2D eigenvalue weighted by Gasteiger charge is -2.25. The van der Waals surface area contributed by atoms with Crippen LogP contribution in [0.2, 0.25) is 0 Å². The van der Waals surface area contributed by atoms with Crippen LogP contribution < -0.4 is 10.5 Å². The van der Waals surface area contributed by atoms with E-state index < -0.39 is 0 Å². The van der Waals surface area contributed by atoms with E-state index in [0.717, 1.165) is 46.7 Å². The molecule has 2 bridgehead atoms. The van der Waals surface area contributed by atoms with Gasteiger partial charge in [0.15, 0.2) is 0 Å². The summed E-state index contributed by atoms with van der Waals surface area (Å²) >= 11 is 0. The maximum Gasteiger partial charge on any atom is 0.128 e. The largest absolute Gasteiger partial charge is 0.496 e. The zero-order chi connectivity index (χ0) is 15.0. The van der Waals surface area contributed by atoms with Gasteiger partial charge in [0.25, 0.3) is 0 Å². The van der Waals surface area contributed by atoms with Crippen molar-refractivity contribution < 1.29 is 4.74 Å². The molecule has 3 rings (SSSR count). The Morgan fingerprint density at radius 2 is 2.14 bits per heavy atom. The van der Waals surface area contributed by atoms with Crippen molar-refractivity contribution in [2.24, 2.45) is 23.5 Å². The summed E-state index contributed by atoms with van der Waals surface area (Å²) in [6.07, 6.45) is 9.74. The number of aromatic nitrogens is 1. The van der Waals surface area contributed by atoms with E-state index in [4.69, 9.17) is 10.5 Å². The molecule has 0 aliphatic heterocycles. The number of rotatable bonds is 5. The fraction of sp³-hybridized carbons (Fsp3) is 0.722. The van der Waals surface area contributed by atoms with Gasteiger partial charge in [0.2, 0.25) is 0 Å². The van der Waals surface area contributed by atoms with Gasteiger partial charge < -0.3 is 10.5 Å². The van der Waals surface area contributed by atoms with Crippen molar-refractivity contribution in [3.05, 3.63) is 23.0 Å². The molecular formula is C18H28N2O. The van der Waals surface area contributed by atoms with Crippen LogP contribution in [0.25, 0.3) is 0 Å². The molecule has 1 aromatic heterocycles. The third-order valence-corrected chi connectivity index (χ3v) is 5.70. The van der Waals surface area contributed by atoms with E-state index in [0.29, 0.717) is 0 Å². The lowest BCUT2D eigenvalue weighted by Crippen LogP contribution is -2.28. The molecule has 116 valence electrons. The molecule has 4 unspecified atom stereocenters. The number of methoxy groups -OCH3 is 1. The number of nitrogens with zero attached hydrogens (tertiary/aromatic N) is 1. The second-order valence-corrected chi connectivity index (χ2v) is 7.18. The molecule has 3 nitrogen and oxygen atoms in total. The zero-order valence-corrected chi connectivity index (χ0v) is 13.6. The summed E-state index contributed by atoms with van der Waals surface area (Å²) in [4.78, 5) is 4.59. The Morgan fingerprint density at radius 1 is 1.33 bits per heavy atom. The minimum absolute atomic E-state index is 0.230. The smallest absolute Gasteiger partial charge is 0.128 e. The van der Waals surface area contributed by atoms with Crippen LogP contribution in [0, 0.1) is 31.6 Å². The molecule has 2 saturated carbocycles. The summed E-state index contributed by atoms with van der Waals surface area (Å²) in [5, 5.41) is 0. The average Bonchev–Trinajstić information content (AvgIpc) is 3.05. The Kier molecular flexibility index (Phi) is 4.21. The summed E-state index contributed by atoms with van der Waals surface area (Å²) in [7, 11) is 1.73. The first-order valence-electron chi connectivity index (χ1n) is 8.33. The number of hydrogen-bond donors (Lipinski definition) is 1. The van der Waals surface area contributed by atoms with Crippen LogP contribution in [0.1, 0.15) is 48.9 Å². The molecule has 0 aromatic carbocycles. The number of ether oxygens (including phenoxy) is 1. The SMILES string of the molecule is COc1c(C)cnc(CC(N)CC2CC3CCC2C3)c1C. The number of pyridine rings is 1. The lowest BCUT2D eigenvalue weighted by molar-refractivity contribution is 0.293. The monoisotopic (exact) mass is 288 g/mol. The maximum atomic E-state index is 6.43. The van der Waals surface area contributed by atoms with Crippen LogP contribution in [-0.2, 0) is 6.42 Å². The van der Waals surface area contributed by atoms with Gasteiger partial charge in [-0.05, 0) is 57.3 Å². The molecular weight excluding hydrogens is 260 g/mol. The normalized spacial score (nSPS) is 28.9. The van der Waals surface area contributed by atoms with Crippen molar-refractivity contribution in [1.29, 1.82) is 0 Å². The maximum absolute atomic E-state index is 6.43. The number of nitrogens with two attached hydrogens (primary N) is 1. The summed E-state index contributed by atoms with van der Waals surface area (Å²) in [5.41, 5.74) is 9.79. The molecule has 2 N–H and O–H groups in total. The van der Waals surface area contributed by atoms with Gasteiger partial charge in [-0.15, -0.1) is 0 Å². The Labute approximate surface area is 128 Å². The Hall–Kier alpha value is -1.09. The minimum Gasteiger partial charge on any atom is -0.496 e. The first-order chi connectivity index (χ1) is 10.1. The Bertz CT molecular complexity index is 514. The summed E-state index contributed by atoms with van der Waals surface area (Å²) in [6.45, 7) is 4.14. The molecule has 3 heteroatoms. The fourth-order valence-corrected chi connectivity index (χ4v) is 4.66. The predicted octanol–water partition coefficient (Wildman–Crippen LogP) is 3.40. The van der Waals surface area contributed by atoms with Gasteiger partial charge in [0.1, 0.15) is 5.75 Å². The first-order valence-corrected chi connectivity index (χ1v) is 8.33. The van der Waals surface area contributed by atoms with Crippen LogP contribution in [-0.4, -0.2) is 18.1 Å². The van der Waals surface area contributed by atoms with E-state index in [1.807, 2.05) is 13.1 Å². The van der Waals surface area contributed by atoms with Crippen LogP contribution in [0.4, 0.5) is 0 Å². The van der Waals surface area contributed by atoms with E-state index in [9.17, 15) is 0 Å². The van der Waals surface area contributed by atoms with E-state index in [1.54, 1.807) is 7.11 Å². The van der Waals surface area contributed by atoms with Gasteiger partial charge in [-0.25, -0.2) is 0 Å². The number of hydrogen-bond acceptors (Lipinski definition) is 3. The van der Waals surface area contributed by atoms with Gasteiger partial charge in [-0.1, -0.05) is 6.42 Å². The quantitative estimate of drug-likeness (QED) is 0.903. The van der Waals surface area contributed by atoms with Crippen molar-refractivity contribution in [2.75, 3.05) is 7.11 Å². The molecule has 21 heavy (non-hydrogen) atoms. The second kappa shape index (κ2) is 5.96. The molecule has 0 amide bonds. The molecule has 1 heterocycles. The Balaban J connectivity index is 1.63. The van der Waals surface area contributed by atoms with Crippen LogP contribution in [0.3, 0.4) is 0 Å². The molecule has 1 aromatic rings. The third kappa shape index (κ3) is 2.94. The standard InChI is InChI=1S/C18H28N2O/c1-11-10-20-17(12(2)18(11)21-3)9-16(19)8-15-7-13-4-5-14(15)6-13/h10,13-16H,4-9,19H2,1-3H3. The fourth-order valence-electron chi connectivity index (χ4n) is 4.66. The van der Waals surface area contributed by atoms with Gasteiger partial charge in [-0.2, -0.15) is 0 Å². The molecule has 0 radical (unpaired) electrons. The molecule has 2 aliphatic carbocycles. The predicted molar refractivity (Wildman–Crippen MR) is 85.5 cm³/mol. The van der Waals surface area contributed by atoms with E-state index in [-0.39, 0.29) is 6.04 Å². The summed E-state index contributed by atoms with van der Waals surface area (Å²) in [5.74, 6) is 3.80. The van der Waals surface area contributed by atoms with Crippen molar-refractivity contribution in [3.63, 3.8) is 0 Å². The topological polar surface area (TPSA) is 48.1 Å². The van der Waals surface area contributed by atoms with E-state index >= 15 is 0 Å². The van der Waals surface area contributed by atoms with Crippen molar-refractivity contribution >= 4 is 0 Å². The average molecular weight is 288 g/mol. The molecule has 0 spiro atoms. The van der Waals surface area contributed by atoms with Gasteiger partial charge >= 0.3 is 0 Å². The van der Waals surface area contributed by atoms with E-state index in [1.165, 1.54) is 32.1 Å². The Morgan fingerprint density at radius 3 is 2.76 bits per heavy atom. The highest BCUT2D eigenvalue weighted by Gasteiger charge is 2.39. The summed E-state index contributed by atoms with van der Waals surface area (Å²) < 4.78 is 5.49. The van der Waals surface area contributed by atoms with Crippen LogP contribution in [0.15, 0.2) is 6.20 Å². The van der Waals surface area contributed by atoms with Crippen molar-refractivity contribution in [3.8, 4) is 5.75 Å². The third-order valence-electron chi connectivity index (χ3n) is 5.70. The highest BCUT2D eigenvalue weighted by molar-refractivity contribution is 5.41. The van der Waals surface area contributed by atoms with Gasteiger partial charge in [-0.3, -0.25) is 4.98 Å². The highest BCUT2D eigenvalue weighted by Crippen LogP contribution is 2.49. The van der Waals surface area contributed by atoms with Crippen molar-refractivity contribution in [1.82, 2.24) is 4.98 Å². The number of fused-ring (bicyclic) bond motifs is 2. The molecule has 2 fully saturated rings. The number of aryl methyl sites for hydroxylation is 1. The van der Waals surface area contributed by atoms with E-state index in [2.05, 4.69) is 11.9 Å². The van der Waals surface area contributed by atoms with Crippen molar-refractivity contribution in [2.45, 2.75) is 58.4 Å². The highest BCUT2D eigenvalue weighted by atomic mass is 16.5. The van der Waals surface area contributed by atoms with Crippen LogP contribution in [0.5, 0.6) is 5.75 Å². The van der Waals surface area contributed by atoms with Gasteiger partial charge in [0.05, 0.1) is 7.11 Å². The lowest BCUT2D eigenvalue weighted by atomic mass is 9.83. The summed E-state index contributed by atoms with van der Waals surface area (Å²) in [6, 6.07) is 0.230. The zero-order valence-electron chi connectivity index (χ0n) is 13.6. The first kappa shape index (κ1) is 14.8. The molecule has 2 aliphatic rings. The minimum atomic E-state index is 0.230. The molecule has 4 atom stereocenters. The molecule has 0 saturated heterocycles. The van der Waals surface area contributed by atoms with Crippen LogP contribution >= 0.6 is 0 Å². The van der Waals surface area contributed by atoms with Gasteiger partial charge in [0, 0.05) is 35.5 Å². The second-order valence-electron chi connectivity index (χ2n) is 7.18.